The first-order valence-electron chi connectivity index (χ1n) is 25.1. The molecule has 0 spiro atoms. The van der Waals surface area contributed by atoms with Crippen molar-refractivity contribution in [1.82, 2.24) is 26.4 Å². The van der Waals surface area contributed by atoms with Crippen LogP contribution in [0.3, 0.4) is 0 Å². The Kier molecular flexibility index (Phi) is 48.8. The predicted molar refractivity (Wildman–Crippen MR) is 245 cm³/mol. The highest BCUT2D eigenvalue weighted by Crippen LogP contribution is 2.15. The summed E-state index contributed by atoms with van der Waals surface area (Å²) in [6.45, 7) is 12.7. The molecule has 0 aromatic rings. The molecule has 0 atom stereocenters. The molecule has 0 aromatic carbocycles. The van der Waals surface area contributed by atoms with Gasteiger partial charge in [0.05, 0.1) is 6.54 Å². The van der Waals surface area contributed by atoms with Crippen molar-refractivity contribution in [2.45, 2.75) is 245 Å². The Morgan fingerprint density at radius 2 is 0.691 bits per heavy atom. The molecular weight excluding hydrogens is 677 g/mol. The number of unbranched alkanes of at least 4 members (excludes halogenated alkanes) is 31. The Morgan fingerprint density at radius 1 is 0.382 bits per heavy atom. The van der Waals surface area contributed by atoms with Crippen LogP contribution < -0.4 is 27.1 Å². The van der Waals surface area contributed by atoms with Gasteiger partial charge in [-0.3, -0.25) is 4.79 Å². The molecule has 0 saturated carbocycles. The highest BCUT2D eigenvalue weighted by atomic mass is 16.2. The number of carbonyl (C=O) groups excluding carboxylic acids is 1. The number of hydrazine groups is 1. The lowest BCUT2D eigenvalue weighted by molar-refractivity contribution is -0.121. The van der Waals surface area contributed by atoms with Gasteiger partial charge in [-0.2, -0.15) is 0 Å². The number of rotatable bonds is 49. The summed E-state index contributed by atoms with van der Waals surface area (Å²) in [7, 11) is 0. The zero-order valence-corrected chi connectivity index (χ0v) is 37.8. The second-order valence-corrected chi connectivity index (χ2v) is 17.0. The molecule has 0 fully saturated rings. The van der Waals surface area contributed by atoms with E-state index in [9.17, 15) is 4.79 Å². The lowest BCUT2D eigenvalue weighted by Gasteiger charge is -2.23. The Hall–Kier alpha value is -0.730. The molecule has 0 saturated heterocycles. The van der Waals surface area contributed by atoms with Crippen molar-refractivity contribution in [2.75, 3.05) is 58.9 Å². The third-order valence-electron chi connectivity index (χ3n) is 11.4. The van der Waals surface area contributed by atoms with Crippen LogP contribution in [0.4, 0.5) is 0 Å². The summed E-state index contributed by atoms with van der Waals surface area (Å²) in [6, 6.07) is 0. The van der Waals surface area contributed by atoms with E-state index in [4.69, 9.17) is 5.73 Å². The van der Waals surface area contributed by atoms with Crippen molar-refractivity contribution in [2.24, 2.45) is 5.73 Å². The van der Waals surface area contributed by atoms with Gasteiger partial charge in [-0.25, -0.2) is 10.4 Å². The average Bonchev–Trinajstić information content (AvgIpc) is 3.19. The molecule has 0 aliphatic carbocycles. The lowest BCUT2D eigenvalue weighted by Crippen LogP contribution is -2.45. The van der Waals surface area contributed by atoms with Crippen LogP contribution >= 0.6 is 0 Å². The minimum Gasteiger partial charge on any atom is -0.355 e. The van der Waals surface area contributed by atoms with Gasteiger partial charge in [0, 0.05) is 19.6 Å². The van der Waals surface area contributed by atoms with Gasteiger partial charge >= 0.3 is 0 Å². The topological polar surface area (TPSA) is 94.5 Å². The minimum absolute atomic E-state index is 0.118. The van der Waals surface area contributed by atoms with Gasteiger partial charge in [0.25, 0.3) is 0 Å². The number of nitrogens with one attached hydrogen (secondary N) is 4. The van der Waals surface area contributed by atoms with Crippen LogP contribution in [0.25, 0.3) is 0 Å². The predicted octanol–water partition coefficient (Wildman–Crippen LogP) is 12.1. The second kappa shape index (κ2) is 49.4. The van der Waals surface area contributed by atoms with Crippen molar-refractivity contribution < 1.29 is 4.79 Å². The standard InChI is InChI=1S/C48H102N6O/c1-3-5-7-9-11-13-15-17-19-21-23-25-27-29-31-35-45-54(46-36-32-30-28-26-24-22-20-18-16-14-12-10-8-6-4-2)53-47-48(55)52-44-38-43-51-41-34-33-40-50-42-37-39-49/h50-51,53H,3-47,49H2,1-2H3,(H,52,55). The molecule has 55 heavy (non-hydrogen) atoms. The SMILES string of the molecule is CCCCCCCCCCCCCCCCCCN(CCCCCCCCCCCCCCCCCC)NCC(=O)NCCCNCCCCNCCCN. The van der Waals surface area contributed by atoms with E-state index in [0.717, 1.165) is 65.2 Å². The summed E-state index contributed by atoms with van der Waals surface area (Å²) in [5, 5.41) is 12.4. The normalized spacial score (nSPS) is 11.6. The van der Waals surface area contributed by atoms with Gasteiger partial charge in [0.1, 0.15) is 0 Å². The lowest BCUT2D eigenvalue weighted by atomic mass is 10.0. The first-order valence-corrected chi connectivity index (χ1v) is 25.1. The van der Waals surface area contributed by atoms with E-state index in [2.05, 4.69) is 40.2 Å². The second-order valence-electron chi connectivity index (χ2n) is 17.0. The van der Waals surface area contributed by atoms with Crippen LogP contribution in [-0.2, 0) is 4.79 Å². The molecular formula is C48H102N6O. The summed E-state index contributed by atoms with van der Waals surface area (Å²) in [5.41, 5.74) is 9.05. The summed E-state index contributed by atoms with van der Waals surface area (Å²) in [4.78, 5) is 12.6. The van der Waals surface area contributed by atoms with Gasteiger partial charge in [0.15, 0.2) is 0 Å². The maximum atomic E-state index is 12.6. The summed E-state index contributed by atoms with van der Waals surface area (Å²) in [6.07, 6.45) is 49.2. The smallest absolute Gasteiger partial charge is 0.235 e. The number of nitrogens with zero attached hydrogens (tertiary/aromatic N) is 1. The number of nitrogens with two attached hydrogens (primary N) is 1. The van der Waals surface area contributed by atoms with Crippen LogP contribution in [-0.4, -0.2) is 69.8 Å². The molecule has 0 unspecified atom stereocenters. The summed E-state index contributed by atoms with van der Waals surface area (Å²) >= 11 is 0. The summed E-state index contributed by atoms with van der Waals surface area (Å²) in [5.74, 6) is 0.118. The first-order chi connectivity index (χ1) is 27.2. The molecule has 0 aliphatic heterocycles. The molecule has 1 amide bonds. The molecule has 7 heteroatoms. The van der Waals surface area contributed by atoms with Crippen molar-refractivity contribution >= 4 is 5.91 Å². The van der Waals surface area contributed by atoms with Crippen LogP contribution in [0.15, 0.2) is 0 Å². The van der Waals surface area contributed by atoms with Crippen molar-refractivity contribution in [3.8, 4) is 0 Å². The fourth-order valence-electron chi connectivity index (χ4n) is 7.64. The average molecular weight is 779 g/mol. The maximum absolute atomic E-state index is 12.6. The zero-order valence-electron chi connectivity index (χ0n) is 37.8. The fraction of sp³-hybridized carbons (Fsp3) is 0.979. The molecule has 0 aliphatic rings. The van der Waals surface area contributed by atoms with Gasteiger partial charge in [-0.05, 0) is 71.2 Å². The summed E-state index contributed by atoms with van der Waals surface area (Å²) < 4.78 is 0. The van der Waals surface area contributed by atoms with Gasteiger partial charge in [-0.15, -0.1) is 0 Å². The van der Waals surface area contributed by atoms with E-state index in [-0.39, 0.29) is 5.91 Å². The van der Waals surface area contributed by atoms with E-state index < -0.39 is 0 Å². The van der Waals surface area contributed by atoms with Gasteiger partial charge < -0.3 is 21.7 Å². The zero-order chi connectivity index (χ0) is 39.8. The van der Waals surface area contributed by atoms with E-state index in [1.54, 1.807) is 0 Å². The third kappa shape index (κ3) is 47.5. The van der Waals surface area contributed by atoms with E-state index in [1.165, 1.54) is 218 Å². The molecule has 0 heterocycles. The number of carbonyl (C=O) groups is 1. The molecule has 0 rings (SSSR count). The van der Waals surface area contributed by atoms with Gasteiger partial charge in [0.2, 0.25) is 5.91 Å². The van der Waals surface area contributed by atoms with E-state index >= 15 is 0 Å². The Balaban J connectivity index is 4.06. The quantitative estimate of drug-likeness (QED) is 0.0312. The number of hydrogen-bond donors (Lipinski definition) is 5. The largest absolute Gasteiger partial charge is 0.355 e. The third-order valence-corrected chi connectivity index (χ3v) is 11.4. The number of amides is 1. The van der Waals surface area contributed by atoms with E-state index in [0.29, 0.717) is 6.54 Å². The molecule has 0 bridgehead atoms. The van der Waals surface area contributed by atoms with Crippen LogP contribution in [0.1, 0.15) is 245 Å². The van der Waals surface area contributed by atoms with Crippen molar-refractivity contribution in [3.05, 3.63) is 0 Å². The van der Waals surface area contributed by atoms with Crippen LogP contribution in [0.5, 0.6) is 0 Å². The minimum atomic E-state index is 0.118. The van der Waals surface area contributed by atoms with Crippen molar-refractivity contribution in [3.63, 3.8) is 0 Å². The Morgan fingerprint density at radius 3 is 1.04 bits per heavy atom. The van der Waals surface area contributed by atoms with Crippen LogP contribution in [0, 0.1) is 0 Å². The highest BCUT2D eigenvalue weighted by molar-refractivity contribution is 5.77. The van der Waals surface area contributed by atoms with Crippen molar-refractivity contribution in [1.29, 1.82) is 0 Å². The Bertz CT molecular complexity index is 674. The molecule has 330 valence electrons. The van der Waals surface area contributed by atoms with Gasteiger partial charge in [-0.1, -0.05) is 206 Å². The first kappa shape index (κ1) is 54.3. The fourth-order valence-corrected chi connectivity index (χ4v) is 7.64. The Labute approximate surface area is 345 Å². The van der Waals surface area contributed by atoms with E-state index in [1.807, 2.05) is 0 Å². The maximum Gasteiger partial charge on any atom is 0.235 e. The van der Waals surface area contributed by atoms with Crippen LogP contribution in [0.2, 0.25) is 0 Å². The monoisotopic (exact) mass is 779 g/mol. The molecule has 0 radical (unpaired) electrons. The molecule has 6 N–H and O–H groups in total. The number of hydrogen-bond acceptors (Lipinski definition) is 6. The highest BCUT2D eigenvalue weighted by Gasteiger charge is 2.08. The molecule has 7 nitrogen and oxygen atoms in total. The molecule has 0 aromatic heterocycles.